The lowest BCUT2D eigenvalue weighted by Gasteiger charge is -2.34. The van der Waals surface area contributed by atoms with Crippen molar-refractivity contribution in [3.63, 3.8) is 0 Å². The molecule has 5 heteroatoms. The molecule has 1 unspecified atom stereocenters. The first-order valence-electron chi connectivity index (χ1n) is 8.16. The molecule has 3 aromatic rings. The van der Waals surface area contributed by atoms with Gasteiger partial charge in [0.1, 0.15) is 6.04 Å². The molecule has 4 rings (SSSR count). The van der Waals surface area contributed by atoms with Gasteiger partial charge in [-0.2, -0.15) is 0 Å². The first-order valence-corrected chi connectivity index (χ1v) is 8.54. The van der Waals surface area contributed by atoms with Gasteiger partial charge in [0, 0.05) is 22.8 Å². The number of hydrogen-bond donors (Lipinski definition) is 0. The highest BCUT2D eigenvalue weighted by Gasteiger charge is 2.26. The lowest BCUT2D eigenvalue weighted by molar-refractivity contribution is 0.449. The van der Waals surface area contributed by atoms with Crippen molar-refractivity contribution in [1.29, 1.82) is 0 Å². The number of hydrogen-bond acceptors (Lipinski definition) is 4. The number of aromatic nitrogens is 2. The van der Waals surface area contributed by atoms with E-state index in [-0.39, 0.29) is 6.04 Å². The predicted octanol–water partition coefficient (Wildman–Crippen LogP) is 4.90. The molecule has 2 aromatic carbocycles. The Morgan fingerprint density at radius 1 is 1.12 bits per heavy atom. The molecule has 24 heavy (non-hydrogen) atoms. The van der Waals surface area contributed by atoms with E-state index < -0.39 is 0 Å². The Morgan fingerprint density at radius 3 is 2.88 bits per heavy atom. The van der Waals surface area contributed by atoms with Gasteiger partial charge in [0.15, 0.2) is 0 Å². The van der Waals surface area contributed by atoms with Crippen molar-refractivity contribution < 1.29 is 4.42 Å². The zero-order valence-corrected chi connectivity index (χ0v) is 14.2. The van der Waals surface area contributed by atoms with Crippen LogP contribution < -0.4 is 4.90 Å². The molecular weight excluding hydrogens is 322 g/mol. The van der Waals surface area contributed by atoms with Crippen LogP contribution in [0, 0.1) is 0 Å². The molecule has 4 nitrogen and oxygen atoms in total. The van der Waals surface area contributed by atoms with Crippen LogP contribution in [0.25, 0.3) is 11.5 Å². The van der Waals surface area contributed by atoms with Crippen molar-refractivity contribution in [2.75, 3.05) is 11.4 Å². The number of aryl methyl sites for hydroxylation is 1. The normalized spacial score (nSPS) is 15.2. The summed E-state index contributed by atoms with van der Waals surface area (Å²) in [5.41, 5.74) is 3.48. The van der Waals surface area contributed by atoms with Gasteiger partial charge in [-0.3, -0.25) is 0 Å². The summed E-state index contributed by atoms with van der Waals surface area (Å²) in [6.07, 6.45) is 2.26. The molecule has 0 radical (unpaired) electrons. The van der Waals surface area contributed by atoms with Gasteiger partial charge >= 0.3 is 0 Å². The van der Waals surface area contributed by atoms with Crippen LogP contribution in [-0.2, 0) is 6.42 Å². The molecule has 1 aromatic heterocycles. The van der Waals surface area contributed by atoms with Gasteiger partial charge < -0.3 is 9.32 Å². The summed E-state index contributed by atoms with van der Waals surface area (Å²) in [6.45, 7) is 3.10. The summed E-state index contributed by atoms with van der Waals surface area (Å²) in [7, 11) is 0. The van der Waals surface area contributed by atoms with Crippen LogP contribution in [0.5, 0.6) is 0 Å². The number of para-hydroxylation sites is 1. The van der Waals surface area contributed by atoms with Gasteiger partial charge in [-0.1, -0.05) is 35.9 Å². The van der Waals surface area contributed by atoms with Gasteiger partial charge in [-0.05, 0) is 49.6 Å². The van der Waals surface area contributed by atoms with E-state index in [0.717, 1.165) is 24.9 Å². The van der Waals surface area contributed by atoms with E-state index >= 15 is 0 Å². The number of halogens is 1. The van der Waals surface area contributed by atoms with Crippen LogP contribution in [0.15, 0.2) is 52.9 Å². The molecule has 0 amide bonds. The predicted molar refractivity (Wildman–Crippen MR) is 95.3 cm³/mol. The standard InChI is InChI=1S/C19H18ClN3O/c1-13(23-11-5-8-14-6-2-3-10-17(14)23)18-21-22-19(24-18)15-7-4-9-16(20)12-15/h2-4,6-7,9-10,12-13H,5,8,11H2,1H3. The van der Waals surface area contributed by atoms with Gasteiger partial charge in [0.05, 0.1) is 0 Å². The van der Waals surface area contributed by atoms with E-state index in [1.807, 2.05) is 24.3 Å². The lowest BCUT2D eigenvalue weighted by atomic mass is 10.0. The van der Waals surface area contributed by atoms with Gasteiger partial charge in [0.2, 0.25) is 11.8 Å². The third kappa shape index (κ3) is 2.78. The number of rotatable bonds is 3. The zero-order chi connectivity index (χ0) is 16.5. The summed E-state index contributed by atoms with van der Waals surface area (Å²) in [4.78, 5) is 2.34. The summed E-state index contributed by atoms with van der Waals surface area (Å²) >= 11 is 6.04. The first-order chi connectivity index (χ1) is 11.7. The maximum atomic E-state index is 6.04. The SMILES string of the molecule is CC(c1nnc(-c2cccc(Cl)c2)o1)N1CCCc2ccccc21. The van der Waals surface area contributed by atoms with E-state index in [0.29, 0.717) is 16.8 Å². The van der Waals surface area contributed by atoms with Gasteiger partial charge in [0.25, 0.3) is 0 Å². The number of nitrogens with zero attached hydrogens (tertiary/aromatic N) is 3. The van der Waals surface area contributed by atoms with Gasteiger partial charge in [-0.25, -0.2) is 0 Å². The molecule has 0 fully saturated rings. The van der Waals surface area contributed by atoms with Crippen LogP contribution in [0.2, 0.25) is 5.02 Å². The number of anilines is 1. The molecule has 1 aliphatic rings. The van der Waals surface area contributed by atoms with Crippen LogP contribution in [0.1, 0.15) is 30.8 Å². The van der Waals surface area contributed by atoms with Crippen molar-refractivity contribution in [3.05, 3.63) is 65.0 Å². The molecule has 0 saturated carbocycles. The molecule has 1 aliphatic heterocycles. The van der Waals surface area contributed by atoms with Gasteiger partial charge in [-0.15, -0.1) is 10.2 Å². The Balaban J connectivity index is 1.63. The smallest absolute Gasteiger partial charge is 0.247 e. The number of benzene rings is 2. The molecule has 2 heterocycles. The van der Waals surface area contributed by atoms with E-state index in [4.69, 9.17) is 16.0 Å². The molecule has 0 bridgehead atoms. The lowest BCUT2D eigenvalue weighted by Crippen LogP contribution is -2.32. The van der Waals surface area contributed by atoms with E-state index in [1.54, 1.807) is 0 Å². The molecule has 0 saturated heterocycles. The Kier molecular flexibility index (Phi) is 3.98. The molecule has 1 atom stereocenters. The molecule has 0 N–H and O–H groups in total. The van der Waals surface area contributed by atoms with Crippen LogP contribution in [0.4, 0.5) is 5.69 Å². The van der Waals surface area contributed by atoms with Crippen LogP contribution in [0.3, 0.4) is 0 Å². The van der Waals surface area contributed by atoms with Crippen LogP contribution >= 0.6 is 11.6 Å². The quantitative estimate of drug-likeness (QED) is 0.680. The summed E-state index contributed by atoms with van der Waals surface area (Å²) in [5, 5.41) is 9.12. The minimum atomic E-state index is 0.0342. The highest BCUT2D eigenvalue weighted by Crippen LogP contribution is 2.34. The maximum Gasteiger partial charge on any atom is 0.247 e. The minimum Gasteiger partial charge on any atom is -0.418 e. The summed E-state index contributed by atoms with van der Waals surface area (Å²) in [6, 6.07) is 16.0. The highest BCUT2D eigenvalue weighted by molar-refractivity contribution is 6.30. The minimum absolute atomic E-state index is 0.0342. The molecular formula is C19H18ClN3O. The average Bonchev–Trinajstić information content (AvgIpc) is 3.11. The van der Waals surface area contributed by atoms with E-state index in [9.17, 15) is 0 Å². The second-order valence-electron chi connectivity index (χ2n) is 6.06. The molecule has 0 aliphatic carbocycles. The summed E-state index contributed by atoms with van der Waals surface area (Å²) < 4.78 is 5.93. The van der Waals surface area contributed by atoms with Crippen LogP contribution in [-0.4, -0.2) is 16.7 Å². The van der Waals surface area contributed by atoms with Crippen molar-refractivity contribution in [2.24, 2.45) is 0 Å². The number of fused-ring (bicyclic) bond motifs is 1. The second kappa shape index (κ2) is 6.29. The third-order valence-corrected chi connectivity index (χ3v) is 4.72. The highest BCUT2D eigenvalue weighted by atomic mass is 35.5. The Bertz CT molecular complexity index is 861. The first kappa shape index (κ1) is 15.2. The fraction of sp³-hybridized carbons (Fsp3) is 0.263. The third-order valence-electron chi connectivity index (χ3n) is 4.48. The second-order valence-corrected chi connectivity index (χ2v) is 6.49. The Labute approximate surface area is 146 Å². The van der Waals surface area contributed by atoms with Crippen molar-refractivity contribution in [1.82, 2.24) is 10.2 Å². The maximum absolute atomic E-state index is 6.04. The zero-order valence-electron chi connectivity index (χ0n) is 13.4. The Morgan fingerprint density at radius 2 is 2.00 bits per heavy atom. The topological polar surface area (TPSA) is 42.2 Å². The monoisotopic (exact) mass is 339 g/mol. The fourth-order valence-electron chi connectivity index (χ4n) is 3.24. The molecule has 0 spiro atoms. The van der Waals surface area contributed by atoms with Crippen molar-refractivity contribution >= 4 is 17.3 Å². The Hall–Kier alpha value is -2.33. The van der Waals surface area contributed by atoms with Crippen molar-refractivity contribution in [2.45, 2.75) is 25.8 Å². The van der Waals surface area contributed by atoms with Crippen molar-refractivity contribution in [3.8, 4) is 11.5 Å². The average molecular weight is 340 g/mol. The van der Waals surface area contributed by atoms with E-state index in [2.05, 4.69) is 46.3 Å². The van der Waals surface area contributed by atoms with E-state index in [1.165, 1.54) is 11.3 Å². The molecule has 122 valence electrons. The fourth-order valence-corrected chi connectivity index (χ4v) is 3.43. The summed E-state index contributed by atoms with van der Waals surface area (Å²) in [5.74, 6) is 1.13. The largest absolute Gasteiger partial charge is 0.418 e.